The molecule has 0 bridgehead atoms. The first-order valence-electron chi connectivity index (χ1n) is 4.08. The summed E-state index contributed by atoms with van der Waals surface area (Å²) in [7, 11) is 0. The van der Waals surface area contributed by atoms with E-state index in [-0.39, 0.29) is 5.56 Å². The lowest BCUT2D eigenvalue weighted by Crippen LogP contribution is -2.38. The highest BCUT2D eigenvalue weighted by Crippen LogP contribution is 2.28. The Hall–Kier alpha value is -0.340. The van der Waals surface area contributed by atoms with Gasteiger partial charge in [0.15, 0.2) is 6.10 Å². The summed E-state index contributed by atoms with van der Waals surface area (Å²) in [6.45, 7) is 0. The van der Waals surface area contributed by atoms with Crippen LogP contribution < -0.4 is 5.73 Å². The van der Waals surface area contributed by atoms with Gasteiger partial charge in [0.1, 0.15) is 0 Å². The van der Waals surface area contributed by atoms with Crippen molar-refractivity contribution in [1.82, 2.24) is 0 Å². The minimum atomic E-state index is -4.69. The summed E-state index contributed by atoms with van der Waals surface area (Å²) in [4.78, 5) is 0. The van der Waals surface area contributed by atoms with Crippen molar-refractivity contribution in [3.8, 4) is 0 Å². The lowest BCUT2D eigenvalue weighted by Gasteiger charge is -2.21. The fourth-order valence-corrected chi connectivity index (χ4v) is 1.67. The molecule has 2 atom stereocenters. The zero-order chi connectivity index (χ0) is 11.6. The van der Waals surface area contributed by atoms with Crippen LogP contribution in [-0.4, -0.2) is 17.4 Å². The average Bonchev–Trinajstić information content (AvgIpc) is 2.14. The monoisotopic (exact) mass is 331 g/mol. The molecule has 1 rings (SSSR count). The van der Waals surface area contributed by atoms with Crippen LogP contribution in [0.1, 0.15) is 11.6 Å². The third kappa shape index (κ3) is 3.32. The van der Waals surface area contributed by atoms with Crippen molar-refractivity contribution in [2.45, 2.75) is 18.3 Å². The normalized spacial score (nSPS) is 16.1. The van der Waals surface area contributed by atoms with E-state index in [1.807, 2.05) is 22.6 Å². The van der Waals surface area contributed by atoms with Gasteiger partial charge in [-0.1, -0.05) is 12.1 Å². The van der Waals surface area contributed by atoms with Gasteiger partial charge in [-0.3, -0.25) is 0 Å². The zero-order valence-corrected chi connectivity index (χ0v) is 9.66. The molecule has 15 heavy (non-hydrogen) atoms. The minimum Gasteiger partial charge on any atom is -0.382 e. The van der Waals surface area contributed by atoms with Crippen LogP contribution in [0.25, 0.3) is 0 Å². The maximum atomic E-state index is 12.2. The highest BCUT2D eigenvalue weighted by molar-refractivity contribution is 14.1. The van der Waals surface area contributed by atoms with E-state index in [0.29, 0.717) is 0 Å². The first kappa shape index (κ1) is 12.7. The summed E-state index contributed by atoms with van der Waals surface area (Å²) in [5.74, 6) is 0. The molecule has 0 fully saturated rings. The summed E-state index contributed by atoms with van der Waals surface area (Å²) < 4.78 is 37.2. The van der Waals surface area contributed by atoms with Gasteiger partial charge in [0.25, 0.3) is 0 Å². The van der Waals surface area contributed by atoms with E-state index in [1.54, 1.807) is 12.1 Å². The van der Waals surface area contributed by atoms with E-state index < -0.39 is 18.3 Å². The third-order valence-corrected chi connectivity index (χ3v) is 2.58. The molecule has 0 saturated carbocycles. The number of nitrogens with two attached hydrogens (primary N) is 1. The molecule has 0 heterocycles. The molecule has 0 aliphatic carbocycles. The summed E-state index contributed by atoms with van der Waals surface area (Å²) in [6.07, 6.45) is -7.23. The second-order valence-corrected chi connectivity index (χ2v) is 4.31. The molecule has 84 valence electrons. The zero-order valence-electron chi connectivity index (χ0n) is 7.50. The smallest absolute Gasteiger partial charge is 0.382 e. The molecule has 3 N–H and O–H groups in total. The average molecular weight is 331 g/mol. The summed E-state index contributed by atoms with van der Waals surface area (Å²) >= 11 is 1.96. The van der Waals surface area contributed by atoms with Crippen molar-refractivity contribution in [3.05, 3.63) is 33.4 Å². The van der Waals surface area contributed by atoms with Crippen molar-refractivity contribution in [3.63, 3.8) is 0 Å². The number of rotatable bonds is 2. The van der Waals surface area contributed by atoms with Crippen LogP contribution in [0.5, 0.6) is 0 Å². The van der Waals surface area contributed by atoms with E-state index in [1.165, 1.54) is 12.1 Å². The van der Waals surface area contributed by atoms with Crippen LogP contribution in [0.2, 0.25) is 0 Å². The predicted octanol–water partition coefficient (Wildman–Crippen LogP) is 2.21. The van der Waals surface area contributed by atoms with Crippen molar-refractivity contribution in [2.75, 3.05) is 0 Å². The van der Waals surface area contributed by atoms with Gasteiger partial charge in [0.2, 0.25) is 0 Å². The van der Waals surface area contributed by atoms with E-state index in [4.69, 9.17) is 10.8 Å². The van der Waals surface area contributed by atoms with Crippen molar-refractivity contribution in [1.29, 1.82) is 0 Å². The van der Waals surface area contributed by atoms with Gasteiger partial charge in [0.05, 0.1) is 6.04 Å². The van der Waals surface area contributed by atoms with Gasteiger partial charge in [-0.25, -0.2) is 0 Å². The second kappa shape index (κ2) is 4.67. The van der Waals surface area contributed by atoms with Crippen molar-refractivity contribution in [2.24, 2.45) is 5.73 Å². The second-order valence-electron chi connectivity index (χ2n) is 3.07. The SMILES string of the molecule is N[C@H](c1cccc(I)c1)[C@@H](O)C(F)(F)F. The largest absolute Gasteiger partial charge is 0.416 e. The quantitative estimate of drug-likeness (QED) is 0.817. The molecule has 0 spiro atoms. The molecule has 0 saturated heterocycles. The molecule has 0 amide bonds. The van der Waals surface area contributed by atoms with Gasteiger partial charge >= 0.3 is 6.18 Å². The number of hydrogen-bond acceptors (Lipinski definition) is 2. The van der Waals surface area contributed by atoms with Gasteiger partial charge < -0.3 is 10.8 Å². The number of alkyl halides is 3. The highest BCUT2D eigenvalue weighted by atomic mass is 127. The Balaban J connectivity index is 2.90. The topological polar surface area (TPSA) is 46.2 Å². The number of benzene rings is 1. The summed E-state index contributed by atoms with van der Waals surface area (Å²) in [6, 6.07) is 4.86. The third-order valence-electron chi connectivity index (χ3n) is 1.91. The first-order valence-corrected chi connectivity index (χ1v) is 5.16. The Morgan fingerprint density at radius 3 is 2.40 bits per heavy atom. The van der Waals surface area contributed by atoms with Crippen molar-refractivity contribution < 1.29 is 18.3 Å². The molecule has 6 heteroatoms. The Kier molecular flexibility index (Phi) is 3.96. The molecule has 0 aliphatic heterocycles. The first-order chi connectivity index (χ1) is 6.82. The highest BCUT2D eigenvalue weighted by Gasteiger charge is 2.42. The molecule has 1 aromatic rings. The summed E-state index contributed by atoms with van der Waals surface area (Å²) in [5.41, 5.74) is 5.59. The molecule has 1 aromatic carbocycles. The predicted molar refractivity (Wildman–Crippen MR) is 58.1 cm³/mol. The van der Waals surface area contributed by atoms with Gasteiger partial charge in [-0.15, -0.1) is 0 Å². The molecule has 0 aromatic heterocycles. The number of aliphatic hydroxyl groups is 1. The summed E-state index contributed by atoms with van der Waals surface area (Å²) in [5, 5.41) is 8.95. The Bertz CT molecular complexity index is 342. The minimum absolute atomic E-state index is 0.270. The van der Waals surface area contributed by atoms with Crippen LogP contribution in [-0.2, 0) is 0 Å². The molecule has 2 nitrogen and oxygen atoms in total. The standard InChI is InChI=1S/C9H9F3INO/c10-9(11,12)8(15)7(14)5-2-1-3-6(13)4-5/h1-4,7-8,15H,14H2/t7-,8-/m1/s1. The molecule has 0 unspecified atom stereocenters. The fraction of sp³-hybridized carbons (Fsp3) is 0.333. The van der Waals surface area contributed by atoms with Crippen LogP contribution in [0.4, 0.5) is 13.2 Å². The number of aliphatic hydroxyl groups excluding tert-OH is 1. The van der Waals surface area contributed by atoms with Crippen LogP contribution in [0, 0.1) is 3.57 Å². The molecular weight excluding hydrogens is 322 g/mol. The van der Waals surface area contributed by atoms with E-state index in [9.17, 15) is 13.2 Å². The van der Waals surface area contributed by atoms with Gasteiger partial charge in [-0.05, 0) is 40.3 Å². The van der Waals surface area contributed by atoms with Crippen LogP contribution in [0.15, 0.2) is 24.3 Å². The number of halogens is 4. The maximum absolute atomic E-state index is 12.2. The Morgan fingerprint density at radius 2 is 1.93 bits per heavy atom. The maximum Gasteiger partial charge on any atom is 0.416 e. The molecule has 0 aliphatic rings. The van der Waals surface area contributed by atoms with E-state index in [2.05, 4.69) is 0 Å². The fourth-order valence-electron chi connectivity index (χ4n) is 1.10. The molecule has 0 radical (unpaired) electrons. The Morgan fingerprint density at radius 1 is 1.33 bits per heavy atom. The lowest BCUT2D eigenvalue weighted by atomic mass is 10.0. The van der Waals surface area contributed by atoms with Crippen LogP contribution >= 0.6 is 22.6 Å². The van der Waals surface area contributed by atoms with Crippen LogP contribution in [0.3, 0.4) is 0 Å². The Labute approximate surface area is 98.4 Å². The van der Waals surface area contributed by atoms with E-state index in [0.717, 1.165) is 3.57 Å². The van der Waals surface area contributed by atoms with Crippen molar-refractivity contribution >= 4 is 22.6 Å². The van der Waals surface area contributed by atoms with Gasteiger partial charge in [0, 0.05) is 3.57 Å². The lowest BCUT2D eigenvalue weighted by molar-refractivity contribution is -0.210. The molecular formula is C9H9F3INO. The number of hydrogen-bond donors (Lipinski definition) is 2. The van der Waals surface area contributed by atoms with Gasteiger partial charge in [-0.2, -0.15) is 13.2 Å². The van der Waals surface area contributed by atoms with E-state index >= 15 is 0 Å².